The standard InChI is InChI=1S/C13H26O4.C2H6O2/c1-2-3-6-11(9-12(15)10-14)7-4-5-8-13(16)17;3-1-2-4/h11-12,14-15H,2-10H2,1H3,(H,16,17);3-4H,1-2H2. The molecule has 0 aromatic rings. The molecule has 0 aromatic carbocycles. The van der Waals surface area contributed by atoms with E-state index in [1.54, 1.807) is 0 Å². The molecule has 6 heteroatoms. The highest BCUT2D eigenvalue weighted by molar-refractivity contribution is 5.66. The van der Waals surface area contributed by atoms with Gasteiger partial charge in [-0.3, -0.25) is 4.79 Å². The summed E-state index contributed by atoms with van der Waals surface area (Å²) in [4.78, 5) is 10.4. The van der Waals surface area contributed by atoms with Gasteiger partial charge in [-0.15, -0.1) is 0 Å². The van der Waals surface area contributed by atoms with Crippen LogP contribution in [0, 0.1) is 5.92 Å². The van der Waals surface area contributed by atoms with E-state index in [0.29, 0.717) is 18.8 Å². The molecule has 2 atom stereocenters. The highest BCUT2D eigenvalue weighted by Gasteiger charge is 2.13. The Balaban J connectivity index is 0. The number of aliphatic hydroxyl groups excluding tert-OH is 4. The Hall–Kier alpha value is -0.690. The van der Waals surface area contributed by atoms with Crippen molar-refractivity contribution in [2.45, 2.75) is 64.4 Å². The van der Waals surface area contributed by atoms with Crippen molar-refractivity contribution >= 4 is 5.97 Å². The van der Waals surface area contributed by atoms with E-state index in [9.17, 15) is 9.90 Å². The zero-order valence-electron chi connectivity index (χ0n) is 13.1. The summed E-state index contributed by atoms with van der Waals surface area (Å²) < 4.78 is 0. The van der Waals surface area contributed by atoms with E-state index in [0.717, 1.165) is 32.1 Å². The number of hydrogen-bond donors (Lipinski definition) is 5. The maximum absolute atomic E-state index is 10.4. The molecule has 0 spiro atoms. The number of carboxylic acids is 1. The fourth-order valence-electron chi connectivity index (χ4n) is 2.04. The lowest BCUT2D eigenvalue weighted by Gasteiger charge is -2.19. The van der Waals surface area contributed by atoms with Gasteiger partial charge in [0.15, 0.2) is 0 Å². The molecule has 0 aromatic heterocycles. The maximum atomic E-state index is 10.4. The van der Waals surface area contributed by atoms with Gasteiger partial charge in [0, 0.05) is 6.42 Å². The molecule has 0 bridgehead atoms. The number of aliphatic hydroxyl groups is 4. The molecule has 2 unspecified atom stereocenters. The van der Waals surface area contributed by atoms with E-state index in [-0.39, 0.29) is 26.2 Å². The van der Waals surface area contributed by atoms with Crippen LogP contribution in [0.1, 0.15) is 58.3 Å². The van der Waals surface area contributed by atoms with Crippen LogP contribution >= 0.6 is 0 Å². The molecule has 0 fully saturated rings. The Labute approximate surface area is 127 Å². The van der Waals surface area contributed by atoms with Gasteiger partial charge in [-0.05, 0) is 18.8 Å². The Bertz CT molecular complexity index is 220. The summed E-state index contributed by atoms with van der Waals surface area (Å²) in [6, 6.07) is 0. The fourth-order valence-corrected chi connectivity index (χ4v) is 2.04. The third kappa shape index (κ3) is 19.3. The Morgan fingerprint density at radius 2 is 1.57 bits per heavy atom. The van der Waals surface area contributed by atoms with Crippen molar-refractivity contribution in [2.24, 2.45) is 5.92 Å². The zero-order chi connectivity index (χ0) is 16.5. The molecule has 128 valence electrons. The summed E-state index contributed by atoms with van der Waals surface area (Å²) in [5, 5.41) is 42.0. The molecule has 6 nitrogen and oxygen atoms in total. The smallest absolute Gasteiger partial charge is 0.303 e. The van der Waals surface area contributed by atoms with Crippen LogP contribution in [0.3, 0.4) is 0 Å². The first-order valence-corrected chi connectivity index (χ1v) is 7.74. The minimum absolute atomic E-state index is 0.125. The largest absolute Gasteiger partial charge is 0.481 e. The van der Waals surface area contributed by atoms with Crippen LogP contribution in [0.25, 0.3) is 0 Å². The summed E-state index contributed by atoms with van der Waals surface area (Å²) in [6.07, 6.45) is 6.07. The zero-order valence-corrected chi connectivity index (χ0v) is 13.1. The molecular formula is C15H32O6. The third-order valence-electron chi connectivity index (χ3n) is 3.14. The lowest BCUT2D eigenvalue weighted by Crippen LogP contribution is -2.17. The van der Waals surface area contributed by atoms with Crippen molar-refractivity contribution in [2.75, 3.05) is 19.8 Å². The predicted molar refractivity (Wildman–Crippen MR) is 81.0 cm³/mol. The van der Waals surface area contributed by atoms with Gasteiger partial charge in [0.05, 0.1) is 25.9 Å². The monoisotopic (exact) mass is 308 g/mol. The van der Waals surface area contributed by atoms with Gasteiger partial charge in [0.2, 0.25) is 0 Å². The first-order chi connectivity index (χ1) is 10.0. The third-order valence-corrected chi connectivity index (χ3v) is 3.14. The molecule has 0 radical (unpaired) electrons. The van der Waals surface area contributed by atoms with Crippen LogP contribution in [-0.2, 0) is 4.79 Å². The Morgan fingerprint density at radius 1 is 1.00 bits per heavy atom. The molecule has 0 aliphatic rings. The average Bonchev–Trinajstić information content (AvgIpc) is 2.48. The van der Waals surface area contributed by atoms with Crippen molar-refractivity contribution in [3.63, 3.8) is 0 Å². The minimum atomic E-state index is -0.745. The van der Waals surface area contributed by atoms with E-state index in [4.69, 9.17) is 20.4 Å². The minimum Gasteiger partial charge on any atom is -0.481 e. The molecular weight excluding hydrogens is 276 g/mol. The second kappa shape index (κ2) is 17.4. The van der Waals surface area contributed by atoms with Crippen molar-refractivity contribution in [3.8, 4) is 0 Å². The number of hydrogen-bond acceptors (Lipinski definition) is 5. The van der Waals surface area contributed by atoms with Gasteiger partial charge < -0.3 is 25.5 Å². The van der Waals surface area contributed by atoms with Crippen molar-refractivity contribution in [3.05, 3.63) is 0 Å². The van der Waals surface area contributed by atoms with Crippen LogP contribution < -0.4 is 0 Å². The molecule has 0 saturated carbocycles. The first kappa shape index (κ1) is 22.6. The first-order valence-electron chi connectivity index (χ1n) is 7.74. The van der Waals surface area contributed by atoms with Crippen LogP contribution in [-0.4, -0.2) is 57.4 Å². The lowest BCUT2D eigenvalue weighted by atomic mass is 9.90. The predicted octanol–water partition coefficient (Wildman–Crippen LogP) is 1.15. The Kier molecular flexibility index (Phi) is 18.7. The molecule has 0 amide bonds. The normalized spacial score (nSPS) is 13.2. The number of carboxylic acid groups (broad SMARTS) is 1. The summed E-state index contributed by atoms with van der Waals surface area (Å²) in [7, 11) is 0. The highest BCUT2D eigenvalue weighted by atomic mass is 16.4. The van der Waals surface area contributed by atoms with Crippen molar-refractivity contribution in [1.29, 1.82) is 0 Å². The number of unbranched alkanes of at least 4 members (excludes halogenated alkanes) is 2. The summed E-state index contributed by atoms with van der Waals surface area (Å²) in [6.45, 7) is 1.70. The quantitative estimate of drug-likeness (QED) is 0.345. The van der Waals surface area contributed by atoms with Gasteiger partial charge >= 0.3 is 5.97 Å². The van der Waals surface area contributed by atoms with Crippen LogP contribution in [0.5, 0.6) is 0 Å². The molecule has 0 heterocycles. The molecule has 21 heavy (non-hydrogen) atoms. The Morgan fingerprint density at radius 3 is 2.00 bits per heavy atom. The summed E-state index contributed by atoms with van der Waals surface area (Å²) in [5.41, 5.74) is 0. The second-order valence-corrected chi connectivity index (χ2v) is 5.17. The number of rotatable bonds is 12. The van der Waals surface area contributed by atoms with Crippen molar-refractivity contribution < 1.29 is 30.3 Å². The van der Waals surface area contributed by atoms with E-state index in [1.807, 2.05) is 0 Å². The van der Waals surface area contributed by atoms with Gasteiger partial charge in [0.1, 0.15) is 0 Å². The van der Waals surface area contributed by atoms with Gasteiger partial charge in [-0.2, -0.15) is 0 Å². The van der Waals surface area contributed by atoms with E-state index < -0.39 is 12.1 Å². The maximum Gasteiger partial charge on any atom is 0.303 e. The van der Waals surface area contributed by atoms with Crippen LogP contribution in [0.2, 0.25) is 0 Å². The summed E-state index contributed by atoms with van der Waals surface area (Å²) in [5.74, 6) is -0.337. The van der Waals surface area contributed by atoms with E-state index in [1.165, 1.54) is 0 Å². The van der Waals surface area contributed by atoms with Crippen LogP contribution in [0.15, 0.2) is 0 Å². The number of carbonyl (C=O) groups is 1. The molecule has 5 N–H and O–H groups in total. The van der Waals surface area contributed by atoms with Gasteiger partial charge in [-0.1, -0.05) is 39.0 Å². The summed E-state index contributed by atoms with van der Waals surface area (Å²) >= 11 is 0. The van der Waals surface area contributed by atoms with Crippen molar-refractivity contribution in [1.82, 2.24) is 0 Å². The van der Waals surface area contributed by atoms with Crippen LogP contribution in [0.4, 0.5) is 0 Å². The molecule has 0 aliphatic heterocycles. The molecule has 0 saturated heterocycles. The number of aliphatic carboxylic acids is 1. The second-order valence-electron chi connectivity index (χ2n) is 5.17. The topological polar surface area (TPSA) is 118 Å². The van der Waals surface area contributed by atoms with E-state index >= 15 is 0 Å². The van der Waals surface area contributed by atoms with E-state index in [2.05, 4.69) is 6.92 Å². The van der Waals surface area contributed by atoms with Gasteiger partial charge in [-0.25, -0.2) is 0 Å². The molecule has 0 aliphatic carbocycles. The van der Waals surface area contributed by atoms with Gasteiger partial charge in [0.25, 0.3) is 0 Å². The lowest BCUT2D eigenvalue weighted by molar-refractivity contribution is -0.137. The molecule has 0 rings (SSSR count). The average molecular weight is 308 g/mol. The highest BCUT2D eigenvalue weighted by Crippen LogP contribution is 2.21. The SMILES string of the molecule is CCCCC(CCCCC(=O)O)CC(O)CO.OCCO. The fraction of sp³-hybridized carbons (Fsp3) is 0.933.